The lowest BCUT2D eigenvalue weighted by Crippen LogP contribution is -2.12. The molecule has 0 amide bonds. The number of anilines is 1. The summed E-state index contributed by atoms with van der Waals surface area (Å²) < 4.78 is 5.43. The lowest BCUT2D eigenvalue weighted by molar-refractivity contribution is 0.316. The molecular weight excluding hydrogens is 272 g/mol. The Morgan fingerprint density at radius 3 is 2.73 bits per heavy atom. The molecule has 0 aliphatic carbocycles. The Labute approximate surface area is 134 Å². The van der Waals surface area contributed by atoms with E-state index in [9.17, 15) is 0 Å². The summed E-state index contributed by atoms with van der Waals surface area (Å²) in [5, 5.41) is 4.69. The van der Waals surface area contributed by atoms with E-state index in [-0.39, 0.29) is 0 Å². The molecule has 0 aliphatic rings. The predicted octanol–water partition coefficient (Wildman–Crippen LogP) is 5.18. The molecule has 0 spiro atoms. The van der Waals surface area contributed by atoms with Crippen molar-refractivity contribution in [2.75, 3.05) is 19.0 Å². The normalized spacial score (nSPS) is 11.7. The SMILES string of the molecule is CCC(C)(C)CCCNc1cc(OC)cc2c(C)ccnc12. The van der Waals surface area contributed by atoms with Crippen LogP contribution in [0.25, 0.3) is 10.9 Å². The average Bonchev–Trinajstić information content (AvgIpc) is 2.52. The van der Waals surface area contributed by atoms with Crippen LogP contribution < -0.4 is 10.1 Å². The number of hydrogen-bond donors (Lipinski definition) is 1. The standard InChI is InChI=1S/C19H28N2O/c1-6-19(3,4)9-7-10-20-17-13-15(22-5)12-16-14(2)8-11-21-18(16)17/h8,11-13,20H,6-7,9-10H2,1-5H3. The molecule has 1 heterocycles. The Kier molecular flexibility index (Phi) is 5.28. The van der Waals surface area contributed by atoms with Crippen LogP contribution in [0, 0.1) is 12.3 Å². The van der Waals surface area contributed by atoms with Crippen LogP contribution in [0.4, 0.5) is 5.69 Å². The van der Waals surface area contributed by atoms with E-state index in [2.05, 4.69) is 44.1 Å². The zero-order valence-electron chi connectivity index (χ0n) is 14.5. The summed E-state index contributed by atoms with van der Waals surface area (Å²) in [7, 11) is 1.71. The molecule has 0 fully saturated rings. The fraction of sp³-hybridized carbons (Fsp3) is 0.526. The molecule has 0 saturated carbocycles. The summed E-state index contributed by atoms with van der Waals surface area (Å²) in [5.74, 6) is 0.875. The minimum atomic E-state index is 0.424. The number of fused-ring (bicyclic) bond motifs is 1. The van der Waals surface area contributed by atoms with Gasteiger partial charge in [-0.15, -0.1) is 0 Å². The van der Waals surface area contributed by atoms with Gasteiger partial charge in [0.15, 0.2) is 0 Å². The molecule has 2 rings (SSSR count). The molecule has 120 valence electrons. The second-order valence-corrected chi connectivity index (χ2v) is 6.75. The van der Waals surface area contributed by atoms with E-state index in [4.69, 9.17) is 4.74 Å². The topological polar surface area (TPSA) is 34.1 Å². The minimum Gasteiger partial charge on any atom is -0.497 e. The maximum Gasteiger partial charge on any atom is 0.121 e. The molecule has 3 nitrogen and oxygen atoms in total. The van der Waals surface area contributed by atoms with Crippen LogP contribution in [0.3, 0.4) is 0 Å². The van der Waals surface area contributed by atoms with E-state index in [1.54, 1.807) is 7.11 Å². The first-order chi connectivity index (χ1) is 10.5. The third-order valence-corrected chi connectivity index (χ3v) is 4.58. The molecule has 1 aromatic heterocycles. The van der Waals surface area contributed by atoms with Crippen LogP contribution in [0.5, 0.6) is 5.75 Å². The Bertz CT molecular complexity index is 635. The van der Waals surface area contributed by atoms with Gasteiger partial charge in [0.05, 0.1) is 18.3 Å². The molecule has 0 bridgehead atoms. The van der Waals surface area contributed by atoms with Gasteiger partial charge in [0.25, 0.3) is 0 Å². The maximum absolute atomic E-state index is 5.43. The molecular formula is C19H28N2O. The van der Waals surface area contributed by atoms with Crippen LogP contribution in [0.1, 0.15) is 45.6 Å². The summed E-state index contributed by atoms with van der Waals surface area (Å²) in [6.45, 7) is 9.99. The van der Waals surface area contributed by atoms with Crippen molar-refractivity contribution in [1.82, 2.24) is 4.98 Å². The van der Waals surface area contributed by atoms with Crippen molar-refractivity contribution >= 4 is 16.6 Å². The molecule has 0 unspecified atom stereocenters. The van der Waals surface area contributed by atoms with Gasteiger partial charge in [0.1, 0.15) is 5.75 Å². The van der Waals surface area contributed by atoms with Gasteiger partial charge in [0.2, 0.25) is 0 Å². The number of aromatic nitrogens is 1. The lowest BCUT2D eigenvalue weighted by atomic mass is 9.85. The zero-order chi connectivity index (χ0) is 16.2. The van der Waals surface area contributed by atoms with Crippen LogP contribution in [0.15, 0.2) is 24.4 Å². The summed E-state index contributed by atoms with van der Waals surface area (Å²) in [6.07, 6.45) is 5.47. The number of nitrogens with zero attached hydrogens (tertiary/aromatic N) is 1. The summed E-state index contributed by atoms with van der Waals surface area (Å²) in [4.78, 5) is 4.54. The molecule has 0 atom stereocenters. The first-order valence-electron chi connectivity index (χ1n) is 8.14. The van der Waals surface area contributed by atoms with E-state index < -0.39 is 0 Å². The number of hydrogen-bond acceptors (Lipinski definition) is 3. The monoisotopic (exact) mass is 300 g/mol. The molecule has 0 saturated heterocycles. The highest BCUT2D eigenvalue weighted by Crippen LogP contribution is 2.30. The van der Waals surface area contributed by atoms with Gasteiger partial charge in [-0.05, 0) is 42.9 Å². The molecule has 22 heavy (non-hydrogen) atoms. The van der Waals surface area contributed by atoms with Crippen molar-refractivity contribution in [2.45, 2.75) is 47.0 Å². The average molecular weight is 300 g/mol. The number of ether oxygens (including phenoxy) is 1. The molecule has 3 heteroatoms. The zero-order valence-corrected chi connectivity index (χ0v) is 14.5. The summed E-state index contributed by atoms with van der Waals surface area (Å²) in [5.41, 5.74) is 3.73. The van der Waals surface area contributed by atoms with Crippen LogP contribution in [0.2, 0.25) is 0 Å². The summed E-state index contributed by atoms with van der Waals surface area (Å²) in [6, 6.07) is 6.14. The van der Waals surface area contributed by atoms with Gasteiger partial charge in [0, 0.05) is 24.2 Å². The Balaban J connectivity index is 2.15. The number of methoxy groups -OCH3 is 1. The van der Waals surface area contributed by atoms with Crippen molar-refractivity contribution in [3.8, 4) is 5.75 Å². The highest BCUT2D eigenvalue weighted by molar-refractivity contribution is 5.93. The van der Waals surface area contributed by atoms with Gasteiger partial charge in [-0.1, -0.05) is 27.2 Å². The second kappa shape index (κ2) is 6.99. The molecule has 0 aliphatic heterocycles. The smallest absolute Gasteiger partial charge is 0.121 e. The Hall–Kier alpha value is -1.77. The van der Waals surface area contributed by atoms with Crippen molar-refractivity contribution < 1.29 is 4.74 Å². The van der Waals surface area contributed by atoms with Gasteiger partial charge in [-0.2, -0.15) is 0 Å². The maximum atomic E-state index is 5.43. The number of pyridine rings is 1. The van der Waals surface area contributed by atoms with Gasteiger partial charge in [-0.25, -0.2) is 0 Å². The second-order valence-electron chi connectivity index (χ2n) is 6.75. The predicted molar refractivity (Wildman–Crippen MR) is 94.8 cm³/mol. The minimum absolute atomic E-state index is 0.424. The first-order valence-corrected chi connectivity index (χ1v) is 8.14. The van der Waals surface area contributed by atoms with Crippen LogP contribution in [-0.4, -0.2) is 18.6 Å². The molecule has 0 radical (unpaired) electrons. The highest BCUT2D eigenvalue weighted by atomic mass is 16.5. The molecule has 2 aromatic rings. The number of rotatable bonds is 7. The largest absolute Gasteiger partial charge is 0.497 e. The van der Waals surface area contributed by atoms with E-state index in [0.717, 1.165) is 35.3 Å². The van der Waals surface area contributed by atoms with Gasteiger partial charge in [-0.3, -0.25) is 4.98 Å². The number of aryl methyl sites for hydroxylation is 1. The van der Waals surface area contributed by atoms with Crippen molar-refractivity contribution in [1.29, 1.82) is 0 Å². The first kappa shape index (κ1) is 16.6. The van der Waals surface area contributed by atoms with Crippen molar-refractivity contribution in [2.24, 2.45) is 5.41 Å². The third-order valence-electron chi connectivity index (χ3n) is 4.58. The van der Waals surface area contributed by atoms with E-state index in [1.807, 2.05) is 18.3 Å². The quantitative estimate of drug-likeness (QED) is 0.715. The van der Waals surface area contributed by atoms with E-state index >= 15 is 0 Å². The summed E-state index contributed by atoms with van der Waals surface area (Å²) >= 11 is 0. The van der Waals surface area contributed by atoms with Crippen molar-refractivity contribution in [3.63, 3.8) is 0 Å². The number of nitrogens with one attached hydrogen (secondary N) is 1. The third kappa shape index (κ3) is 3.90. The lowest BCUT2D eigenvalue weighted by Gasteiger charge is -2.22. The number of benzene rings is 1. The van der Waals surface area contributed by atoms with Crippen LogP contribution in [-0.2, 0) is 0 Å². The molecule has 1 aromatic carbocycles. The molecule has 1 N–H and O–H groups in total. The fourth-order valence-corrected chi connectivity index (χ4v) is 2.58. The fourth-order valence-electron chi connectivity index (χ4n) is 2.58. The Morgan fingerprint density at radius 2 is 2.05 bits per heavy atom. The van der Waals surface area contributed by atoms with Crippen LogP contribution >= 0.6 is 0 Å². The Morgan fingerprint density at radius 1 is 1.27 bits per heavy atom. The highest BCUT2D eigenvalue weighted by Gasteiger charge is 2.14. The van der Waals surface area contributed by atoms with E-state index in [0.29, 0.717) is 5.41 Å². The van der Waals surface area contributed by atoms with Gasteiger partial charge < -0.3 is 10.1 Å². The van der Waals surface area contributed by atoms with Gasteiger partial charge >= 0.3 is 0 Å². The van der Waals surface area contributed by atoms with E-state index in [1.165, 1.54) is 18.4 Å². The van der Waals surface area contributed by atoms with Crippen molar-refractivity contribution in [3.05, 3.63) is 30.0 Å².